The third-order valence-electron chi connectivity index (χ3n) is 20.5. The van der Waals surface area contributed by atoms with Gasteiger partial charge >= 0.3 is 0 Å². The van der Waals surface area contributed by atoms with Crippen LogP contribution in [0, 0.1) is 0 Å². The van der Waals surface area contributed by atoms with Crippen molar-refractivity contribution in [3.63, 3.8) is 0 Å². The SMILES string of the molecule is CC(C)(C)c1ccc(-c2cc3c4c(c2)N(c2c(-c5ccccc5)ccc5c2oc2ccccc25)c2cc(-c5ccccc5)c(-c5ccccc5)cc2B4c2cc(-n4c5ccccc5c5ccccc54)ccc2N3c2c(-c3ccccc3)cc(C(C)(C)C)cc2-c2ccccc2)cc1. The van der Waals surface area contributed by atoms with Crippen molar-refractivity contribution in [3.05, 3.63) is 327 Å². The average molecular weight is 1240 g/mol. The van der Waals surface area contributed by atoms with E-state index in [9.17, 15) is 0 Å². The summed E-state index contributed by atoms with van der Waals surface area (Å²) in [5, 5.41) is 4.58. The summed E-state index contributed by atoms with van der Waals surface area (Å²) in [4.78, 5) is 5.31. The molecule has 0 spiro atoms. The van der Waals surface area contributed by atoms with Crippen LogP contribution in [0.4, 0.5) is 34.1 Å². The van der Waals surface area contributed by atoms with Gasteiger partial charge in [-0.05, 0) is 161 Å². The minimum Gasteiger partial charge on any atom is -0.454 e. The van der Waals surface area contributed by atoms with E-state index >= 15 is 0 Å². The van der Waals surface area contributed by atoms with E-state index < -0.39 is 0 Å². The molecule has 0 atom stereocenters. The maximum atomic E-state index is 7.48. The van der Waals surface area contributed by atoms with Crippen LogP contribution in [0.3, 0.4) is 0 Å². The second kappa shape index (κ2) is 22.5. The molecule has 4 heterocycles. The molecule has 2 aliphatic rings. The van der Waals surface area contributed by atoms with E-state index in [0.717, 1.165) is 140 Å². The number of aromatic nitrogens is 1. The van der Waals surface area contributed by atoms with Crippen LogP contribution < -0.4 is 26.2 Å². The predicted molar refractivity (Wildman–Crippen MR) is 412 cm³/mol. The Morgan fingerprint density at radius 1 is 0.289 bits per heavy atom. The normalized spacial score (nSPS) is 12.8. The highest BCUT2D eigenvalue weighted by Gasteiger charge is 2.47. The first-order valence-electron chi connectivity index (χ1n) is 34.0. The Morgan fingerprint density at radius 2 is 0.742 bits per heavy atom. The van der Waals surface area contributed by atoms with Gasteiger partial charge in [-0.15, -0.1) is 0 Å². The van der Waals surface area contributed by atoms with E-state index in [1.165, 1.54) is 38.3 Å². The number of furan rings is 1. The van der Waals surface area contributed by atoms with Crippen molar-refractivity contribution in [2.75, 3.05) is 9.80 Å². The van der Waals surface area contributed by atoms with Gasteiger partial charge in [-0.25, -0.2) is 0 Å². The van der Waals surface area contributed by atoms with E-state index in [1.807, 2.05) is 0 Å². The van der Waals surface area contributed by atoms with Gasteiger partial charge in [-0.3, -0.25) is 0 Å². The van der Waals surface area contributed by atoms with Gasteiger partial charge in [-0.1, -0.05) is 284 Å². The fraction of sp³-hybridized carbons (Fsp3) is 0.0870. The molecule has 0 saturated heterocycles. The lowest BCUT2D eigenvalue weighted by Gasteiger charge is -2.46. The summed E-state index contributed by atoms with van der Waals surface area (Å²) < 4.78 is 9.98. The second-order valence-electron chi connectivity index (χ2n) is 28.4. The average Bonchev–Trinajstić information content (AvgIpc) is 0.876. The fourth-order valence-corrected chi connectivity index (χ4v) is 15.7. The van der Waals surface area contributed by atoms with Gasteiger partial charge in [0.05, 0.1) is 22.4 Å². The molecule has 2 aromatic heterocycles. The summed E-state index contributed by atoms with van der Waals surface area (Å²) >= 11 is 0. The van der Waals surface area contributed by atoms with Crippen molar-refractivity contribution in [3.8, 4) is 72.4 Å². The van der Waals surface area contributed by atoms with Crippen molar-refractivity contribution in [2.45, 2.75) is 52.4 Å². The van der Waals surface area contributed by atoms with E-state index in [-0.39, 0.29) is 17.5 Å². The summed E-state index contributed by atoms with van der Waals surface area (Å²) in [6.07, 6.45) is 0. The van der Waals surface area contributed by atoms with Crippen molar-refractivity contribution in [1.82, 2.24) is 4.57 Å². The van der Waals surface area contributed by atoms with E-state index in [0.29, 0.717) is 0 Å². The van der Waals surface area contributed by atoms with Gasteiger partial charge in [0.25, 0.3) is 6.71 Å². The van der Waals surface area contributed by atoms with Crippen molar-refractivity contribution in [1.29, 1.82) is 0 Å². The van der Waals surface area contributed by atoms with Crippen LogP contribution in [0.25, 0.3) is 116 Å². The Bertz CT molecular complexity index is 5650. The molecule has 14 aromatic carbocycles. The molecule has 0 N–H and O–H groups in total. The number of fused-ring (bicyclic) bond motifs is 10. The van der Waals surface area contributed by atoms with Crippen LogP contribution in [0.5, 0.6) is 0 Å². The molecule has 18 rings (SSSR count). The third-order valence-corrected chi connectivity index (χ3v) is 20.5. The maximum Gasteiger partial charge on any atom is 0.252 e. The molecule has 97 heavy (non-hydrogen) atoms. The highest BCUT2D eigenvalue weighted by Crippen LogP contribution is 2.56. The van der Waals surface area contributed by atoms with Gasteiger partial charge in [0.15, 0.2) is 5.58 Å². The largest absolute Gasteiger partial charge is 0.454 e. The van der Waals surface area contributed by atoms with Crippen LogP contribution >= 0.6 is 0 Å². The smallest absolute Gasteiger partial charge is 0.252 e. The summed E-state index contributed by atoms with van der Waals surface area (Å²) in [5.41, 5.74) is 31.0. The van der Waals surface area contributed by atoms with E-state index in [1.54, 1.807) is 0 Å². The van der Waals surface area contributed by atoms with Gasteiger partial charge < -0.3 is 18.8 Å². The first-order chi connectivity index (χ1) is 47.4. The van der Waals surface area contributed by atoms with Gasteiger partial charge in [0.2, 0.25) is 0 Å². The highest BCUT2D eigenvalue weighted by molar-refractivity contribution is 7.00. The van der Waals surface area contributed by atoms with Gasteiger partial charge in [-0.2, -0.15) is 0 Å². The molecular weight excluding hydrogens is 1170 g/mol. The lowest BCUT2D eigenvalue weighted by Crippen LogP contribution is -2.61. The summed E-state index contributed by atoms with van der Waals surface area (Å²) in [6, 6.07) is 118. The maximum absolute atomic E-state index is 7.48. The molecule has 0 aliphatic carbocycles. The topological polar surface area (TPSA) is 24.6 Å². The number of para-hydroxylation sites is 3. The van der Waals surface area contributed by atoms with Crippen LogP contribution in [0.2, 0.25) is 0 Å². The molecule has 5 heteroatoms. The molecule has 0 radical (unpaired) electrons. The summed E-state index contributed by atoms with van der Waals surface area (Å²) in [5.74, 6) is 0. The van der Waals surface area contributed by atoms with Gasteiger partial charge in [0.1, 0.15) is 5.58 Å². The standard InChI is InChI=1S/C92H70BN3O/c1-91(2,3)66-46-44-59(45-47-66)65-52-84-87-85(53-65)96(89-69(60-28-12-7-13-29-60)49-50-73-72-40-24-27-43-86(72)97-90(73)89)83-58-75(62-32-16-9-17-33-62)74(61-30-14-8-15-31-61)57-79(83)93(87)78-56-68(94-80-41-25-22-38-70(80)71-39-23-26-42-81(71)94)48-51-82(78)95(84)88-76(63-34-18-10-19-35-63)54-67(92(4,5)6)55-77(88)64-36-20-11-21-37-64/h7-58H,1-6H3. The molecule has 4 nitrogen and oxygen atoms in total. The second-order valence-corrected chi connectivity index (χ2v) is 28.4. The quantitative estimate of drug-likeness (QED) is 0.135. The predicted octanol–water partition coefficient (Wildman–Crippen LogP) is 23.4. The first kappa shape index (κ1) is 58.0. The summed E-state index contributed by atoms with van der Waals surface area (Å²) in [7, 11) is 0. The molecule has 462 valence electrons. The zero-order valence-electron chi connectivity index (χ0n) is 55.3. The third kappa shape index (κ3) is 9.50. The molecular formula is C92H70BN3O. The monoisotopic (exact) mass is 1240 g/mol. The zero-order chi connectivity index (χ0) is 65.3. The van der Waals surface area contributed by atoms with Crippen LogP contribution in [-0.2, 0) is 10.8 Å². The number of benzene rings is 14. The number of rotatable bonds is 9. The van der Waals surface area contributed by atoms with Crippen LogP contribution in [0.15, 0.2) is 320 Å². The molecule has 0 fully saturated rings. The fourth-order valence-electron chi connectivity index (χ4n) is 15.7. The Labute approximate surface area is 567 Å². The molecule has 16 aromatic rings. The lowest BCUT2D eigenvalue weighted by atomic mass is 9.33. The Morgan fingerprint density at radius 3 is 1.28 bits per heavy atom. The Balaban J connectivity index is 1.06. The number of anilines is 6. The molecule has 0 amide bonds. The van der Waals surface area contributed by atoms with Crippen molar-refractivity contribution >= 4 is 101 Å². The van der Waals surface area contributed by atoms with E-state index in [4.69, 9.17) is 4.42 Å². The van der Waals surface area contributed by atoms with Crippen molar-refractivity contribution < 1.29 is 4.42 Å². The summed E-state index contributed by atoms with van der Waals surface area (Å²) in [6.45, 7) is 13.6. The molecule has 2 aliphatic heterocycles. The lowest BCUT2D eigenvalue weighted by molar-refractivity contribution is 0.590. The number of hydrogen-bond acceptors (Lipinski definition) is 3. The Kier molecular flexibility index (Phi) is 13.4. The molecule has 0 saturated carbocycles. The molecule has 0 bridgehead atoms. The minimum absolute atomic E-state index is 0.0538. The van der Waals surface area contributed by atoms with Crippen molar-refractivity contribution in [2.24, 2.45) is 0 Å². The first-order valence-corrected chi connectivity index (χ1v) is 34.0. The van der Waals surface area contributed by atoms with E-state index in [2.05, 4.69) is 371 Å². The highest BCUT2D eigenvalue weighted by atomic mass is 16.3. The van der Waals surface area contributed by atoms with Gasteiger partial charge in [0, 0.05) is 66.7 Å². The Hall–Kier alpha value is -11.7. The zero-order valence-corrected chi connectivity index (χ0v) is 55.3. The van der Waals surface area contributed by atoms with Crippen LogP contribution in [0.1, 0.15) is 52.7 Å². The number of hydrogen-bond donors (Lipinski definition) is 0. The molecule has 0 unspecified atom stereocenters. The number of nitrogens with zero attached hydrogens (tertiary/aromatic N) is 3. The van der Waals surface area contributed by atoms with Crippen LogP contribution in [-0.4, -0.2) is 11.3 Å². The minimum atomic E-state index is -0.315.